The van der Waals surface area contributed by atoms with Gasteiger partial charge in [-0.05, 0) is 46.6 Å². The van der Waals surface area contributed by atoms with E-state index in [1.807, 2.05) is 44.7 Å². The molecule has 2 aliphatic heterocycles. The molecule has 2 aromatic rings. The average molecular weight is 385 g/mol. The number of fused-ring (bicyclic) bond motifs is 2. The van der Waals surface area contributed by atoms with Crippen LogP contribution in [0.2, 0.25) is 0 Å². The van der Waals surface area contributed by atoms with Crippen molar-refractivity contribution in [2.24, 2.45) is 0 Å². The molecule has 2 fully saturated rings. The molecule has 2 N–H and O–H groups in total. The maximum absolute atomic E-state index is 12.6. The Balaban J connectivity index is 1.46. The highest BCUT2D eigenvalue weighted by Gasteiger charge is 2.44. The molecule has 0 radical (unpaired) electrons. The molecule has 9 heteroatoms. The van der Waals surface area contributed by atoms with Crippen molar-refractivity contribution in [3.05, 3.63) is 24.0 Å². The summed E-state index contributed by atoms with van der Waals surface area (Å²) in [7, 11) is 0. The molecule has 2 saturated heterocycles. The van der Waals surface area contributed by atoms with E-state index in [1.165, 1.54) is 0 Å². The van der Waals surface area contributed by atoms with Crippen LogP contribution in [0.4, 0.5) is 22.4 Å². The Hall–Kier alpha value is -2.84. The molecule has 28 heavy (non-hydrogen) atoms. The molecule has 2 aliphatic rings. The van der Waals surface area contributed by atoms with Crippen LogP contribution in [0.25, 0.3) is 0 Å². The topological polar surface area (TPSA) is 99.3 Å². The lowest BCUT2D eigenvalue weighted by Crippen LogP contribution is -2.57. The van der Waals surface area contributed by atoms with Gasteiger partial charge >= 0.3 is 6.09 Å². The number of carbonyl (C=O) groups excluding carboxylic acids is 1. The summed E-state index contributed by atoms with van der Waals surface area (Å²) in [6, 6.07) is 3.99. The van der Waals surface area contributed by atoms with Crippen LogP contribution >= 0.6 is 0 Å². The number of carbonyl (C=O) groups is 1. The SMILES string of the molecule is Cc1cc(Nc2ccnc(N3C[C@H]4CC[C@@H](C3)N4C(=O)OC(C)(C)C)n2)n[nH]1. The molecule has 2 aromatic heterocycles. The highest BCUT2D eigenvalue weighted by Crippen LogP contribution is 2.33. The lowest BCUT2D eigenvalue weighted by molar-refractivity contribution is 0.0122. The Morgan fingerprint density at radius 3 is 2.57 bits per heavy atom. The first-order valence-electron chi connectivity index (χ1n) is 9.67. The Morgan fingerprint density at radius 1 is 1.25 bits per heavy atom. The standard InChI is InChI=1S/C19H27N7O2/c1-12-9-16(24-23-12)21-15-7-8-20-17(22-15)25-10-13-5-6-14(11-25)26(13)18(27)28-19(2,3)4/h7-9,13-14H,5-6,10-11H2,1-4H3,(H2,20,21,22,23,24)/t13-,14+. The summed E-state index contributed by atoms with van der Waals surface area (Å²) in [4.78, 5) is 25.8. The number of rotatable bonds is 3. The van der Waals surface area contributed by atoms with Gasteiger partial charge in [0.25, 0.3) is 0 Å². The predicted octanol–water partition coefficient (Wildman–Crippen LogP) is 2.84. The van der Waals surface area contributed by atoms with Gasteiger partial charge in [-0.1, -0.05) is 0 Å². The second-order valence-electron chi connectivity index (χ2n) is 8.48. The van der Waals surface area contributed by atoms with Crippen molar-refractivity contribution in [3.63, 3.8) is 0 Å². The van der Waals surface area contributed by atoms with Crippen molar-refractivity contribution < 1.29 is 9.53 Å². The molecule has 0 spiro atoms. The van der Waals surface area contributed by atoms with Crippen LogP contribution in [0.3, 0.4) is 0 Å². The summed E-state index contributed by atoms with van der Waals surface area (Å²) in [5.41, 5.74) is 0.494. The maximum Gasteiger partial charge on any atom is 0.410 e. The number of ether oxygens (including phenoxy) is 1. The van der Waals surface area contributed by atoms with Crippen LogP contribution in [0, 0.1) is 6.92 Å². The van der Waals surface area contributed by atoms with E-state index in [0.29, 0.717) is 24.9 Å². The number of anilines is 3. The fourth-order valence-electron chi connectivity index (χ4n) is 3.86. The van der Waals surface area contributed by atoms with Crippen molar-refractivity contribution in [3.8, 4) is 0 Å². The maximum atomic E-state index is 12.6. The lowest BCUT2D eigenvalue weighted by atomic mass is 10.2. The molecule has 9 nitrogen and oxygen atoms in total. The van der Waals surface area contributed by atoms with E-state index < -0.39 is 5.60 Å². The smallest absolute Gasteiger partial charge is 0.410 e. The second kappa shape index (κ2) is 6.96. The Morgan fingerprint density at radius 2 is 1.96 bits per heavy atom. The first-order chi connectivity index (χ1) is 13.3. The van der Waals surface area contributed by atoms with Crippen molar-refractivity contribution in [2.75, 3.05) is 23.3 Å². The Bertz CT molecular complexity index is 846. The quantitative estimate of drug-likeness (QED) is 0.838. The van der Waals surface area contributed by atoms with E-state index in [2.05, 4.69) is 30.4 Å². The van der Waals surface area contributed by atoms with Gasteiger partial charge in [-0.2, -0.15) is 10.1 Å². The van der Waals surface area contributed by atoms with Crippen LogP contribution in [-0.2, 0) is 4.74 Å². The number of H-pyrrole nitrogens is 1. The van der Waals surface area contributed by atoms with E-state index in [1.54, 1.807) is 6.20 Å². The minimum atomic E-state index is -0.485. The van der Waals surface area contributed by atoms with E-state index in [4.69, 9.17) is 4.74 Å². The minimum absolute atomic E-state index is 0.128. The number of aromatic amines is 1. The van der Waals surface area contributed by atoms with E-state index in [0.717, 1.165) is 24.4 Å². The van der Waals surface area contributed by atoms with Gasteiger partial charge in [-0.15, -0.1) is 0 Å². The fraction of sp³-hybridized carbons (Fsp3) is 0.579. The molecular weight excluding hydrogens is 358 g/mol. The zero-order chi connectivity index (χ0) is 19.9. The highest BCUT2D eigenvalue weighted by molar-refractivity contribution is 5.70. The summed E-state index contributed by atoms with van der Waals surface area (Å²) in [5.74, 6) is 2.08. The molecule has 0 saturated carbocycles. The normalized spacial score (nSPS) is 21.7. The van der Waals surface area contributed by atoms with Gasteiger partial charge in [-0.25, -0.2) is 9.78 Å². The zero-order valence-corrected chi connectivity index (χ0v) is 16.8. The summed E-state index contributed by atoms with van der Waals surface area (Å²) >= 11 is 0. The molecule has 4 rings (SSSR count). The van der Waals surface area contributed by atoms with E-state index >= 15 is 0 Å². The number of aromatic nitrogens is 4. The fourth-order valence-corrected chi connectivity index (χ4v) is 3.86. The Labute approximate surface area is 164 Å². The number of hydrogen-bond donors (Lipinski definition) is 2. The zero-order valence-electron chi connectivity index (χ0n) is 16.8. The molecule has 0 aromatic carbocycles. The Kier molecular flexibility index (Phi) is 4.60. The van der Waals surface area contributed by atoms with Crippen molar-refractivity contribution in [1.29, 1.82) is 0 Å². The summed E-state index contributed by atoms with van der Waals surface area (Å²) < 4.78 is 5.60. The largest absolute Gasteiger partial charge is 0.444 e. The van der Waals surface area contributed by atoms with Gasteiger partial charge in [0.15, 0.2) is 5.82 Å². The van der Waals surface area contributed by atoms with Crippen LogP contribution in [0.5, 0.6) is 0 Å². The summed E-state index contributed by atoms with van der Waals surface area (Å²) in [6.07, 6.45) is 3.48. The van der Waals surface area contributed by atoms with Gasteiger partial charge in [0.1, 0.15) is 11.4 Å². The van der Waals surface area contributed by atoms with E-state index in [9.17, 15) is 4.79 Å². The van der Waals surface area contributed by atoms with Crippen LogP contribution < -0.4 is 10.2 Å². The summed E-state index contributed by atoms with van der Waals surface area (Å²) in [6.45, 7) is 9.06. The average Bonchev–Trinajstić information content (AvgIpc) is 3.13. The van der Waals surface area contributed by atoms with Gasteiger partial charge in [0.05, 0.1) is 12.1 Å². The van der Waals surface area contributed by atoms with Crippen LogP contribution in [0.1, 0.15) is 39.3 Å². The van der Waals surface area contributed by atoms with Gasteiger partial charge in [-0.3, -0.25) is 10.00 Å². The molecule has 2 atom stereocenters. The third-order valence-electron chi connectivity index (χ3n) is 4.97. The lowest BCUT2D eigenvalue weighted by Gasteiger charge is -2.41. The number of hydrogen-bond acceptors (Lipinski definition) is 7. The third-order valence-corrected chi connectivity index (χ3v) is 4.97. The van der Waals surface area contributed by atoms with Gasteiger partial charge in [0.2, 0.25) is 5.95 Å². The van der Waals surface area contributed by atoms with Crippen LogP contribution in [-0.4, -0.2) is 61.9 Å². The number of piperazine rings is 1. The molecule has 0 aliphatic carbocycles. The van der Waals surface area contributed by atoms with Gasteiger partial charge < -0.3 is 15.0 Å². The third kappa shape index (κ3) is 3.88. The molecule has 2 bridgehead atoms. The number of nitrogens with zero attached hydrogens (tertiary/aromatic N) is 5. The molecule has 4 heterocycles. The molecule has 0 unspecified atom stereocenters. The predicted molar refractivity (Wildman–Crippen MR) is 106 cm³/mol. The van der Waals surface area contributed by atoms with Crippen molar-refractivity contribution in [1.82, 2.24) is 25.1 Å². The first-order valence-corrected chi connectivity index (χ1v) is 9.67. The van der Waals surface area contributed by atoms with Crippen molar-refractivity contribution >= 4 is 23.7 Å². The molecule has 150 valence electrons. The van der Waals surface area contributed by atoms with Crippen LogP contribution in [0.15, 0.2) is 18.3 Å². The number of amides is 1. The second-order valence-corrected chi connectivity index (χ2v) is 8.48. The minimum Gasteiger partial charge on any atom is -0.444 e. The number of aryl methyl sites for hydroxylation is 1. The molecular formula is C19H27N7O2. The van der Waals surface area contributed by atoms with Crippen molar-refractivity contribution in [2.45, 2.75) is 58.2 Å². The first kappa shape index (κ1) is 18.5. The molecule has 1 amide bonds. The number of nitrogens with one attached hydrogen (secondary N) is 2. The van der Waals surface area contributed by atoms with Gasteiger partial charge in [0, 0.05) is 31.0 Å². The summed E-state index contributed by atoms with van der Waals surface area (Å²) in [5, 5.41) is 10.3. The monoisotopic (exact) mass is 385 g/mol. The highest BCUT2D eigenvalue weighted by atomic mass is 16.6. The van der Waals surface area contributed by atoms with E-state index in [-0.39, 0.29) is 18.2 Å².